The van der Waals surface area contributed by atoms with Crippen LogP contribution >= 0.6 is 0 Å². The largest absolute Gasteiger partial charge is 0.496 e. The third-order valence-electron chi connectivity index (χ3n) is 4.23. The van der Waals surface area contributed by atoms with E-state index in [2.05, 4.69) is 10.1 Å². The lowest BCUT2D eigenvalue weighted by Crippen LogP contribution is -2.27. The molecule has 0 bridgehead atoms. The molecule has 26 heavy (non-hydrogen) atoms. The van der Waals surface area contributed by atoms with E-state index in [-0.39, 0.29) is 16.7 Å². The van der Waals surface area contributed by atoms with Gasteiger partial charge in [-0.25, -0.2) is 8.42 Å². The molecule has 1 aliphatic heterocycles. The van der Waals surface area contributed by atoms with Crippen LogP contribution in [0, 0.1) is 0 Å². The van der Waals surface area contributed by atoms with Crippen LogP contribution in [0.4, 0.5) is 0 Å². The van der Waals surface area contributed by atoms with Crippen molar-refractivity contribution in [1.82, 2.24) is 14.4 Å². The first-order valence-electron chi connectivity index (χ1n) is 8.17. The maximum Gasteiger partial charge on any atom is 0.294 e. The molecule has 1 saturated heterocycles. The van der Waals surface area contributed by atoms with Crippen molar-refractivity contribution in [2.75, 3.05) is 20.2 Å². The predicted molar refractivity (Wildman–Crippen MR) is 92.0 cm³/mol. The highest BCUT2D eigenvalue weighted by molar-refractivity contribution is 7.89. The van der Waals surface area contributed by atoms with Crippen molar-refractivity contribution in [3.8, 4) is 28.8 Å². The molecule has 0 atom stereocenters. The lowest BCUT2D eigenvalue weighted by molar-refractivity contribution is 0.388. The van der Waals surface area contributed by atoms with Gasteiger partial charge in [-0.2, -0.15) is 9.29 Å². The van der Waals surface area contributed by atoms with Crippen LogP contribution in [0.3, 0.4) is 0 Å². The molecule has 136 valence electrons. The molecule has 3 heterocycles. The Bertz CT molecular complexity index is 1020. The Hall–Kier alpha value is -2.65. The monoisotopic (exact) mass is 375 g/mol. The zero-order valence-corrected chi connectivity index (χ0v) is 14.9. The molecule has 1 aromatic carbocycles. The van der Waals surface area contributed by atoms with Crippen LogP contribution in [-0.2, 0) is 10.0 Å². The molecule has 4 rings (SSSR count). The fourth-order valence-corrected chi connectivity index (χ4v) is 4.32. The van der Waals surface area contributed by atoms with Gasteiger partial charge in [0.05, 0.1) is 12.7 Å². The smallest absolute Gasteiger partial charge is 0.294 e. The molecule has 0 amide bonds. The summed E-state index contributed by atoms with van der Waals surface area (Å²) < 4.78 is 42.5. The maximum atomic E-state index is 12.5. The Labute approximate surface area is 150 Å². The third-order valence-corrected chi connectivity index (χ3v) is 6.00. The first-order valence-corrected chi connectivity index (χ1v) is 9.61. The lowest BCUT2D eigenvalue weighted by Gasteiger charge is -2.12. The number of methoxy groups -OCH3 is 1. The second kappa shape index (κ2) is 6.58. The Morgan fingerprint density at radius 1 is 1.12 bits per heavy atom. The molecule has 0 saturated carbocycles. The summed E-state index contributed by atoms with van der Waals surface area (Å²) in [5.74, 6) is 1.25. The molecule has 0 aliphatic carbocycles. The van der Waals surface area contributed by atoms with Gasteiger partial charge in [0.15, 0.2) is 5.76 Å². The van der Waals surface area contributed by atoms with Gasteiger partial charge < -0.3 is 13.7 Å². The van der Waals surface area contributed by atoms with Gasteiger partial charge in [0.25, 0.3) is 15.9 Å². The summed E-state index contributed by atoms with van der Waals surface area (Å²) in [6, 6.07) is 10.2. The minimum atomic E-state index is -3.63. The Balaban J connectivity index is 1.64. The summed E-state index contributed by atoms with van der Waals surface area (Å²) in [7, 11) is -2.07. The Morgan fingerprint density at radius 2 is 1.88 bits per heavy atom. The van der Waals surface area contributed by atoms with Gasteiger partial charge in [0, 0.05) is 13.1 Å². The van der Waals surface area contributed by atoms with Crippen molar-refractivity contribution in [1.29, 1.82) is 0 Å². The van der Waals surface area contributed by atoms with Gasteiger partial charge in [-0.15, -0.1) is 0 Å². The van der Waals surface area contributed by atoms with E-state index in [0.717, 1.165) is 12.8 Å². The molecule has 8 nitrogen and oxygen atoms in total. The fraction of sp³-hybridized carbons (Fsp3) is 0.294. The van der Waals surface area contributed by atoms with Crippen molar-refractivity contribution in [3.05, 3.63) is 36.4 Å². The van der Waals surface area contributed by atoms with Crippen molar-refractivity contribution >= 4 is 10.0 Å². The minimum absolute atomic E-state index is 0.105. The van der Waals surface area contributed by atoms with Gasteiger partial charge in [0.1, 0.15) is 5.75 Å². The van der Waals surface area contributed by atoms with Gasteiger partial charge in [-0.1, -0.05) is 17.3 Å². The molecule has 0 N–H and O–H groups in total. The van der Waals surface area contributed by atoms with E-state index in [1.165, 1.54) is 16.4 Å². The molecule has 9 heteroatoms. The van der Waals surface area contributed by atoms with Crippen LogP contribution in [0.25, 0.3) is 23.0 Å². The number of rotatable bonds is 5. The summed E-state index contributed by atoms with van der Waals surface area (Å²) in [6.07, 6.45) is 1.72. The molecule has 1 fully saturated rings. The predicted octanol–water partition coefficient (Wildman–Crippen LogP) is 2.79. The summed E-state index contributed by atoms with van der Waals surface area (Å²) >= 11 is 0. The number of aromatic nitrogens is 2. The second-order valence-electron chi connectivity index (χ2n) is 5.85. The van der Waals surface area contributed by atoms with Crippen LogP contribution in [-0.4, -0.2) is 43.1 Å². The summed E-state index contributed by atoms with van der Waals surface area (Å²) in [4.78, 5) is 4.29. The van der Waals surface area contributed by atoms with E-state index in [0.29, 0.717) is 30.2 Å². The highest BCUT2D eigenvalue weighted by Crippen LogP contribution is 2.31. The topological polar surface area (TPSA) is 98.7 Å². The molecular formula is C17H17N3O5S. The molecule has 2 aromatic heterocycles. The quantitative estimate of drug-likeness (QED) is 0.676. The van der Waals surface area contributed by atoms with E-state index in [1.807, 2.05) is 12.1 Å². The van der Waals surface area contributed by atoms with Crippen LogP contribution in [0.5, 0.6) is 5.75 Å². The molecule has 0 spiro atoms. The van der Waals surface area contributed by atoms with Crippen LogP contribution in [0.2, 0.25) is 0 Å². The Morgan fingerprint density at radius 3 is 2.65 bits per heavy atom. The number of furan rings is 1. The van der Waals surface area contributed by atoms with Crippen LogP contribution < -0.4 is 4.74 Å². The lowest BCUT2D eigenvalue weighted by atomic mass is 10.2. The van der Waals surface area contributed by atoms with E-state index >= 15 is 0 Å². The summed E-state index contributed by atoms with van der Waals surface area (Å²) in [5, 5.41) is 3.82. The minimum Gasteiger partial charge on any atom is -0.496 e. The normalized spacial score (nSPS) is 15.4. The SMILES string of the molecule is COc1ccccc1-c1noc(-c2ccc(S(=O)(=O)N3CCCC3)o2)n1. The first kappa shape index (κ1) is 16.8. The number of sulfonamides is 1. The van der Waals surface area contributed by atoms with Crippen molar-refractivity contribution < 1.29 is 22.1 Å². The summed E-state index contributed by atoms with van der Waals surface area (Å²) in [5.41, 5.74) is 0.668. The van der Waals surface area contributed by atoms with Crippen molar-refractivity contribution in [2.45, 2.75) is 17.9 Å². The standard InChI is InChI=1S/C17H17N3O5S/c1-23-13-7-3-2-6-12(13)16-18-17(25-19-16)14-8-9-15(24-14)26(21,22)20-10-4-5-11-20/h2-3,6-9H,4-5,10-11H2,1H3. The molecular weight excluding hydrogens is 358 g/mol. The maximum absolute atomic E-state index is 12.5. The number of ether oxygens (including phenoxy) is 1. The fourth-order valence-electron chi connectivity index (χ4n) is 2.89. The zero-order valence-electron chi connectivity index (χ0n) is 14.1. The van der Waals surface area contributed by atoms with Gasteiger partial charge in [-0.05, 0) is 37.1 Å². The molecule has 1 aliphatic rings. The number of nitrogens with zero attached hydrogens (tertiary/aromatic N) is 3. The average Bonchev–Trinajstić information content (AvgIpc) is 3.42. The highest BCUT2D eigenvalue weighted by Gasteiger charge is 2.30. The molecule has 0 unspecified atom stereocenters. The van der Waals surface area contributed by atoms with Crippen LogP contribution in [0.1, 0.15) is 12.8 Å². The van der Waals surface area contributed by atoms with Gasteiger partial charge in [0.2, 0.25) is 10.9 Å². The van der Waals surface area contributed by atoms with Crippen molar-refractivity contribution in [2.24, 2.45) is 0 Å². The molecule has 3 aromatic rings. The number of hydrogen-bond donors (Lipinski definition) is 0. The van der Waals surface area contributed by atoms with E-state index in [1.54, 1.807) is 19.2 Å². The van der Waals surface area contributed by atoms with Gasteiger partial charge in [-0.3, -0.25) is 0 Å². The van der Waals surface area contributed by atoms with Crippen molar-refractivity contribution in [3.63, 3.8) is 0 Å². The van der Waals surface area contributed by atoms with E-state index in [9.17, 15) is 8.42 Å². The van der Waals surface area contributed by atoms with Crippen LogP contribution in [0.15, 0.2) is 50.4 Å². The van der Waals surface area contributed by atoms with E-state index in [4.69, 9.17) is 13.7 Å². The Kier molecular flexibility index (Phi) is 4.25. The second-order valence-corrected chi connectivity index (χ2v) is 7.72. The first-order chi connectivity index (χ1) is 12.6. The number of benzene rings is 1. The zero-order chi connectivity index (χ0) is 18.1. The van der Waals surface area contributed by atoms with Gasteiger partial charge >= 0.3 is 0 Å². The van der Waals surface area contributed by atoms with E-state index < -0.39 is 10.0 Å². The molecule has 0 radical (unpaired) electrons. The summed E-state index contributed by atoms with van der Waals surface area (Å²) in [6.45, 7) is 1.02. The average molecular weight is 375 g/mol. The number of hydrogen-bond acceptors (Lipinski definition) is 7. The highest BCUT2D eigenvalue weighted by atomic mass is 32.2. The third kappa shape index (κ3) is 2.89. The number of para-hydroxylation sites is 1.